The molecule has 1 saturated heterocycles. The molecule has 1 aromatic heterocycles. The number of methoxy groups -OCH3 is 1. The molecule has 6 heteroatoms. The number of rotatable bonds is 4. The first-order valence-corrected chi connectivity index (χ1v) is 8.64. The summed E-state index contributed by atoms with van der Waals surface area (Å²) in [5, 5.41) is 3.95. The predicted octanol–water partition coefficient (Wildman–Crippen LogP) is 4.43. The molecule has 0 amide bonds. The molecule has 1 fully saturated rings. The maximum Gasteiger partial charge on any atom is 0.227 e. The maximum absolute atomic E-state index is 6.10. The van der Waals surface area contributed by atoms with Gasteiger partial charge in [-0.2, -0.15) is 4.98 Å². The summed E-state index contributed by atoms with van der Waals surface area (Å²) in [5.74, 6) is 3.03. The number of aromatic nitrogens is 2. The lowest BCUT2D eigenvalue weighted by molar-refractivity contribution is 0.417. The summed E-state index contributed by atoms with van der Waals surface area (Å²) < 4.78 is 5.39. The lowest BCUT2D eigenvalue weighted by atomic mass is 10.00. The molecule has 2 aromatic rings. The molecule has 0 bridgehead atoms. The Kier molecular flexibility index (Phi) is 5.09. The van der Waals surface area contributed by atoms with E-state index in [-0.39, 0.29) is 0 Å². The first kappa shape index (κ1) is 16.8. The number of anilines is 3. The van der Waals surface area contributed by atoms with Gasteiger partial charge in [0.2, 0.25) is 5.95 Å². The second kappa shape index (κ2) is 7.26. The molecule has 3 rings (SSSR count). The van der Waals surface area contributed by atoms with Gasteiger partial charge in [0.05, 0.1) is 12.8 Å². The van der Waals surface area contributed by atoms with Crippen LogP contribution in [0.2, 0.25) is 5.02 Å². The fourth-order valence-corrected chi connectivity index (χ4v) is 3.05. The van der Waals surface area contributed by atoms with Crippen LogP contribution in [0, 0.1) is 12.8 Å². The van der Waals surface area contributed by atoms with Crippen molar-refractivity contribution in [2.45, 2.75) is 26.7 Å². The number of hydrogen-bond donors (Lipinski definition) is 1. The smallest absolute Gasteiger partial charge is 0.227 e. The normalized spacial score (nSPS) is 15.4. The second-order valence-electron chi connectivity index (χ2n) is 6.33. The molecular formula is C18H23ClN4O. The number of hydrogen-bond acceptors (Lipinski definition) is 5. The third kappa shape index (κ3) is 3.90. The Bertz CT molecular complexity index is 714. The third-order valence-corrected chi connectivity index (χ3v) is 4.57. The molecule has 0 unspecified atom stereocenters. The van der Waals surface area contributed by atoms with E-state index in [4.69, 9.17) is 16.3 Å². The van der Waals surface area contributed by atoms with Crippen molar-refractivity contribution in [3.8, 4) is 5.75 Å². The predicted molar refractivity (Wildman–Crippen MR) is 98.7 cm³/mol. The van der Waals surface area contributed by atoms with Crippen LogP contribution in [0.3, 0.4) is 0 Å². The number of piperidine rings is 1. The molecule has 1 aliphatic heterocycles. The highest BCUT2D eigenvalue weighted by Crippen LogP contribution is 2.31. The molecule has 24 heavy (non-hydrogen) atoms. The molecule has 1 aliphatic rings. The average Bonchev–Trinajstić information content (AvgIpc) is 2.55. The van der Waals surface area contributed by atoms with Crippen LogP contribution in [-0.2, 0) is 0 Å². The number of ether oxygens (including phenoxy) is 1. The van der Waals surface area contributed by atoms with Crippen LogP contribution in [0.4, 0.5) is 17.5 Å². The standard InChI is InChI=1S/C18H23ClN4O/c1-12-6-8-23(9-7-12)18-20-13(2)10-17(22-18)21-15-11-14(19)4-5-16(15)24-3/h4-5,10-12H,6-9H2,1-3H3,(H,20,21,22). The number of aryl methyl sites for hydroxylation is 1. The monoisotopic (exact) mass is 346 g/mol. The molecule has 0 atom stereocenters. The van der Waals surface area contributed by atoms with Gasteiger partial charge in [0.1, 0.15) is 11.6 Å². The molecule has 128 valence electrons. The summed E-state index contributed by atoms with van der Waals surface area (Å²) in [4.78, 5) is 11.5. The van der Waals surface area contributed by atoms with Gasteiger partial charge in [-0.05, 0) is 43.9 Å². The van der Waals surface area contributed by atoms with Crippen molar-refractivity contribution in [1.82, 2.24) is 9.97 Å². The summed E-state index contributed by atoms with van der Waals surface area (Å²) in [6.45, 7) is 6.29. The largest absolute Gasteiger partial charge is 0.495 e. The van der Waals surface area contributed by atoms with Gasteiger partial charge < -0.3 is 15.0 Å². The number of nitrogens with one attached hydrogen (secondary N) is 1. The number of halogens is 1. The van der Waals surface area contributed by atoms with Gasteiger partial charge in [-0.1, -0.05) is 18.5 Å². The molecule has 1 aromatic carbocycles. The minimum absolute atomic E-state index is 0.648. The van der Waals surface area contributed by atoms with Crippen molar-refractivity contribution < 1.29 is 4.74 Å². The highest BCUT2D eigenvalue weighted by Gasteiger charge is 2.19. The molecule has 2 heterocycles. The van der Waals surface area contributed by atoms with Gasteiger partial charge >= 0.3 is 0 Å². The fraction of sp³-hybridized carbons (Fsp3) is 0.444. The highest BCUT2D eigenvalue weighted by atomic mass is 35.5. The van der Waals surface area contributed by atoms with Crippen molar-refractivity contribution in [3.05, 3.63) is 35.0 Å². The van der Waals surface area contributed by atoms with Crippen molar-refractivity contribution in [3.63, 3.8) is 0 Å². The van der Waals surface area contributed by atoms with E-state index < -0.39 is 0 Å². The summed E-state index contributed by atoms with van der Waals surface area (Å²) in [6, 6.07) is 7.40. The van der Waals surface area contributed by atoms with Crippen molar-refractivity contribution in [2.24, 2.45) is 5.92 Å². The summed E-state index contributed by atoms with van der Waals surface area (Å²) >= 11 is 6.10. The summed E-state index contributed by atoms with van der Waals surface area (Å²) in [7, 11) is 1.64. The lowest BCUT2D eigenvalue weighted by Gasteiger charge is -2.30. The summed E-state index contributed by atoms with van der Waals surface area (Å²) in [5.41, 5.74) is 1.73. The van der Waals surface area contributed by atoms with Crippen LogP contribution in [0.15, 0.2) is 24.3 Å². The molecule has 1 N–H and O–H groups in total. The van der Waals surface area contributed by atoms with E-state index in [0.29, 0.717) is 5.02 Å². The Balaban J connectivity index is 1.85. The van der Waals surface area contributed by atoms with Crippen LogP contribution in [0.1, 0.15) is 25.5 Å². The summed E-state index contributed by atoms with van der Waals surface area (Å²) in [6.07, 6.45) is 2.37. The van der Waals surface area contributed by atoms with E-state index in [1.807, 2.05) is 25.1 Å². The van der Waals surface area contributed by atoms with E-state index in [2.05, 4.69) is 27.1 Å². The van der Waals surface area contributed by atoms with Crippen LogP contribution in [0.5, 0.6) is 5.75 Å². The zero-order valence-electron chi connectivity index (χ0n) is 14.3. The van der Waals surface area contributed by atoms with E-state index in [1.54, 1.807) is 13.2 Å². The quantitative estimate of drug-likeness (QED) is 0.887. The molecule has 0 spiro atoms. The van der Waals surface area contributed by atoms with Gasteiger partial charge in [0.25, 0.3) is 0 Å². The Morgan fingerprint density at radius 1 is 1.21 bits per heavy atom. The Hall–Kier alpha value is -2.01. The molecule has 5 nitrogen and oxygen atoms in total. The first-order valence-electron chi connectivity index (χ1n) is 8.26. The Labute approximate surface area is 148 Å². The van der Waals surface area contributed by atoms with E-state index in [1.165, 1.54) is 12.8 Å². The van der Waals surface area contributed by atoms with Crippen LogP contribution < -0.4 is 15.0 Å². The zero-order chi connectivity index (χ0) is 17.1. The van der Waals surface area contributed by atoms with Gasteiger partial charge in [-0.25, -0.2) is 4.98 Å². The van der Waals surface area contributed by atoms with Crippen LogP contribution >= 0.6 is 11.6 Å². The Morgan fingerprint density at radius 2 is 1.96 bits per heavy atom. The first-order chi connectivity index (χ1) is 11.5. The molecule has 0 radical (unpaired) electrons. The topological polar surface area (TPSA) is 50.3 Å². The van der Waals surface area contributed by atoms with Crippen molar-refractivity contribution in [1.29, 1.82) is 0 Å². The van der Waals surface area contributed by atoms with Gasteiger partial charge in [-0.15, -0.1) is 0 Å². The van der Waals surface area contributed by atoms with E-state index in [0.717, 1.165) is 47.9 Å². The third-order valence-electron chi connectivity index (χ3n) is 4.33. The molecule has 0 saturated carbocycles. The van der Waals surface area contributed by atoms with Crippen LogP contribution in [-0.4, -0.2) is 30.2 Å². The van der Waals surface area contributed by atoms with E-state index >= 15 is 0 Å². The van der Waals surface area contributed by atoms with E-state index in [9.17, 15) is 0 Å². The zero-order valence-corrected chi connectivity index (χ0v) is 15.1. The van der Waals surface area contributed by atoms with Crippen LogP contribution in [0.25, 0.3) is 0 Å². The number of benzene rings is 1. The minimum atomic E-state index is 0.648. The number of nitrogens with zero attached hydrogens (tertiary/aromatic N) is 3. The molecule has 0 aliphatic carbocycles. The molecular weight excluding hydrogens is 324 g/mol. The average molecular weight is 347 g/mol. The van der Waals surface area contributed by atoms with Gasteiger partial charge in [-0.3, -0.25) is 0 Å². The fourth-order valence-electron chi connectivity index (χ4n) is 2.88. The SMILES string of the molecule is COc1ccc(Cl)cc1Nc1cc(C)nc(N2CCC(C)CC2)n1. The lowest BCUT2D eigenvalue weighted by Crippen LogP contribution is -2.34. The van der Waals surface area contributed by atoms with Crippen molar-refractivity contribution in [2.75, 3.05) is 30.4 Å². The highest BCUT2D eigenvalue weighted by molar-refractivity contribution is 6.31. The minimum Gasteiger partial charge on any atom is -0.495 e. The van der Waals surface area contributed by atoms with Gasteiger partial charge in [0, 0.05) is 29.9 Å². The van der Waals surface area contributed by atoms with Crippen molar-refractivity contribution >= 4 is 29.1 Å². The van der Waals surface area contributed by atoms with Gasteiger partial charge in [0.15, 0.2) is 0 Å². The maximum atomic E-state index is 6.10. The Morgan fingerprint density at radius 3 is 2.67 bits per heavy atom. The second-order valence-corrected chi connectivity index (χ2v) is 6.77.